The minimum absolute atomic E-state index is 0.0486. The topological polar surface area (TPSA) is 60.2 Å². The van der Waals surface area contributed by atoms with Crippen LogP contribution in [0.3, 0.4) is 0 Å². The molecule has 0 aliphatic carbocycles. The average molecular weight is 181 g/mol. The zero-order chi connectivity index (χ0) is 8.70. The van der Waals surface area contributed by atoms with E-state index in [9.17, 15) is 12.8 Å². The largest absolute Gasteiger partial charge is 0.325 e. The summed E-state index contributed by atoms with van der Waals surface area (Å²) in [5.74, 6) is -0.470. The third-order valence-electron chi connectivity index (χ3n) is 2.10. The monoisotopic (exact) mass is 181 g/mol. The Hall–Kier alpha value is -0.160. The van der Waals surface area contributed by atoms with Crippen LogP contribution < -0.4 is 5.73 Å². The summed E-state index contributed by atoms with van der Waals surface area (Å²) in [5.41, 5.74) is 3.63. The number of nitrogens with two attached hydrogens (primary N) is 1. The van der Waals surface area contributed by atoms with Gasteiger partial charge in [-0.1, -0.05) is 0 Å². The van der Waals surface area contributed by atoms with Crippen LogP contribution in [-0.2, 0) is 9.84 Å². The molecular weight excluding hydrogens is 169 g/mol. The summed E-state index contributed by atoms with van der Waals surface area (Å²) in [4.78, 5) is 0. The molecule has 1 heterocycles. The van der Waals surface area contributed by atoms with Crippen LogP contribution in [0.5, 0.6) is 0 Å². The van der Waals surface area contributed by atoms with E-state index in [2.05, 4.69) is 0 Å². The molecule has 2 unspecified atom stereocenters. The Morgan fingerprint density at radius 1 is 1.64 bits per heavy atom. The minimum atomic E-state index is -3.15. The molecule has 1 fully saturated rings. The molecule has 1 aliphatic heterocycles. The molecule has 0 radical (unpaired) electrons. The van der Waals surface area contributed by atoms with Crippen molar-refractivity contribution in [1.82, 2.24) is 0 Å². The summed E-state index contributed by atoms with van der Waals surface area (Å²) < 4.78 is 35.1. The number of rotatable bonds is 1. The Kier molecular flexibility index (Phi) is 1.96. The van der Waals surface area contributed by atoms with Gasteiger partial charge >= 0.3 is 0 Å². The highest BCUT2D eigenvalue weighted by Gasteiger charge is 2.45. The van der Waals surface area contributed by atoms with Crippen molar-refractivity contribution in [3.8, 4) is 0 Å². The van der Waals surface area contributed by atoms with E-state index < -0.39 is 27.3 Å². The van der Waals surface area contributed by atoms with Gasteiger partial charge in [0.2, 0.25) is 0 Å². The van der Waals surface area contributed by atoms with E-state index in [0.717, 1.165) is 0 Å². The van der Waals surface area contributed by atoms with Crippen molar-refractivity contribution in [3.05, 3.63) is 0 Å². The summed E-state index contributed by atoms with van der Waals surface area (Å²) in [7, 11) is -3.15. The van der Waals surface area contributed by atoms with Gasteiger partial charge in [-0.2, -0.15) is 0 Å². The fraction of sp³-hybridized carbons (Fsp3) is 1.00. The SMILES string of the molecule is CC(N)C1(F)CCS(=O)(=O)C1. The molecule has 1 rings (SSSR count). The van der Waals surface area contributed by atoms with Crippen molar-refractivity contribution < 1.29 is 12.8 Å². The molecular formula is C6H12FNO2S. The van der Waals surface area contributed by atoms with Gasteiger partial charge in [-0.15, -0.1) is 0 Å². The number of hydrogen-bond acceptors (Lipinski definition) is 3. The van der Waals surface area contributed by atoms with E-state index >= 15 is 0 Å². The second-order valence-corrected chi connectivity index (χ2v) is 5.35. The molecule has 0 spiro atoms. The fourth-order valence-corrected chi connectivity index (χ4v) is 3.13. The normalized spacial score (nSPS) is 38.8. The van der Waals surface area contributed by atoms with Crippen LogP contribution in [0.25, 0.3) is 0 Å². The molecule has 0 amide bonds. The Bertz CT molecular complexity index is 249. The standard InChI is InChI=1S/C6H12FNO2S/c1-5(8)6(7)2-3-11(9,10)4-6/h5H,2-4,8H2,1H3. The number of sulfone groups is 1. The first-order valence-corrected chi connectivity index (χ1v) is 5.33. The predicted octanol–water partition coefficient (Wildman–Crippen LogP) is -0.140. The number of hydrogen-bond donors (Lipinski definition) is 1. The first-order valence-electron chi connectivity index (χ1n) is 3.51. The lowest BCUT2D eigenvalue weighted by Crippen LogP contribution is -2.43. The van der Waals surface area contributed by atoms with Crippen LogP contribution in [0.2, 0.25) is 0 Å². The molecule has 66 valence electrons. The summed E-state index contributed by atoms with van der Waals surface area (Å²) >= 11 is 0. The first kappa shape index (κ1) is 8.93. The maximum absolute atomic E-state index is 13.4. The molecule has 1 saturated heterocycles. The zero-order valence-corrected chi connectivity index (χ0v) is 7.20. The average Bonchev–Trinajstić information content (AvgIpc) is 2.08. The number of alkyl halides is 1. The van der Waals surface area contributed by atoms with Gasteiger partial charge in [0.15, 0.2) is 9.84 Å². The Balaban J connectivity index is 2.82. The molecule has 0 aromatic rings. The van der Waals surface area contributed by atoms with Crippen LogP contribution in [0.4, 0.5) is 4.39 Å². The van der Waals surface area contributed by atoms with Gasteiger partial charge in [0.1, 0.15) is 5.67 Å². The van der Waals surface area contributed by atoms with Crippen LogP contribution in [0, 0.1) is 0 Å². The molecule has 5 heteroatoms. The van der Waals surface area contributed by atoms with Crippen LogP contribution in [0.15, 0.2) is 0 Å². The molecule has 2 atom stereocenters. The lowest BCUT2D eigenvalue weighted by molar-refractivity contribution is 0.165. The fourth-order valence-electron chi connectivity index (χ4n) is 1.19. The van der Waals surface area contributed by atoms with E-state index in [-0.39, 0.29) is 12.2 Å². The molecule has 3 nitrogen and oxygen atoms in total. The molecule has 1 aliphatic rings. The van der Waals surface area contributed by atoms with E-state index in [1.807, 2.05) is 0 Å². The van der Waals surface area contributed by atoms with Gasteiger partial charge in [0, 0.05) is 6.04 Å². The maximum Gasteiger partial charge on any atom is 0.153 e. The predicted molar refractivity (Wildman–Crippen MR) is 40.8 cm³/mol. The number of halogens is 1. The van der Waals surface area contributed by atoms with Crippen LogP contribution in [0.1, 0.15) is 13.3 Å². The van der Waals surface area contributed by atoms with E-state index in [0.29, 0.717) is 0 Å². The highest BCUT2D eigenvalue weighted by atomic mass is 32.2. The molecule has 0 bridgehead atoms. The summed E-state index contributed by atoms with van der Waals surface area (Å²) in [6.45, 7) is 1.50. The minimum Gasteiger partial charge on any atom is -0.325 e. The van der Waals surface area contributed by atoms with Crippen LogP contribution in [-0.4, -0.2) is 31.6 Å². The van der Waals surface area contributed by atoms with E-state index in [1.165, 1.54) is 6.92 Å². The van der Waals surface area contributed by atoms with E-state index in [4.69, 9.17) is 5.73 Å². The van der Waals surface area contributed by atoms with Gasteiger partial charge in [-0.3, -0.25) is 0 Å². The molecule has 0 saturated carbocycles. The summed E-state index contributed by atoms with van der Waals surface area (Å²) in [6, 6.07) is -0.695. The van der Waals surface area contributed by atoms with E-state index in [1.54, 1.807) is 0 Å². The van der Waals surface area contributed by atoms with Gasteiger partial charge in [0.05, 0.1) is 11.5 Å². The van der Waals surface area contributed by atoms with Crippen molar-refractivity contribution in [2.24, 2.45) is 5.73 Å². The van der Waals surface area contributed by atoms with Crippen molar-refractivity contribution >= 4 is 9.84 Å². The highest BCUT2D eigenvalue weighted by Crippen LogP contribution is 2.29. The molecule has 2 N–H and O–H groups in total. The maximum atomic E-state index is 13.4. The van der Waals surface area contributed by atoms with Crippen molar-refractivity contribution in [2.45, 2.75) is 25.1 Å². The van der Waals surface area contributed by atoms with Gasteiger partial charge in [0.25, 0.3) is 0 Å². The Morgan fingerprint density at radius 2 is 2.18 bits per heavy atom. The highest BCUT2D eigenvalue weighted by molar-refractivity contribution is 7.91. The van der Waals surface area contributed by atoms with Gasteiger partial charge < -0.3 is 5.73 Å². The summed E-state index contributed by atoms with van der Waals surface area (Å²) in [5, 5.41) is 0. The first-order chi connectivity index (χ1) is 4.86. The second-order valence-electron chi connectivity index (χ2n) is 3.17. The third-order valence-corrected chi connectivity index (χ3v) is 3.85. The Morgan fingerprint density at radius 3 is 2.36 bits per heavy atom. The van der Waals surface area contributed by atoms with Crippen molar-refractivity contribution in [1.29, 1.82) is 0 Å². The van der Waals surface area contributed by atoms with Crippen molar-refractivity contribution in [3.63, 3.8) is 0 Å². The van der Waals surface area contributed by atoms with Crippen molar-refractivity contribution in [2.75, 3.05) is 11.5 Å². The molecule has 0 aromatic carbocycles. The lowest BCUT2D eigenvalue weighted by atomic mass is 9.98. The van der Waals surface area contributed by atoms with Gasteiger partial charge in [-0.25, -0.2) is 12.8 Å². The quantitative estimate of drug-likeness (QED) is 0.612. The molecule has 11 heavy (non-hydrogen) atoms. The van der Waals surface area contributed by atoms with Gasteiger partial charge in [-0.05, 0) is 13.3 Å². The third kappa shape index (κ3) is 1.70. The van der Waals surface area contributed by atoms with Crippen LogP contribution >= 0.6 is 0 Å². The zero-order valence-electron chi connectivity index (χ0n) is 6.38. The summed E-state index contributed by atoms with van der Waals surface area (Å²) in [6.07, 6.45) is 0.0486. The second kappa shape index (κ2) is 2.42. The lowest BCUT2D eigenvalue weighted by Gasteiger charge is -2.21. The smallest absolute Gasteiger partial charge is 0.153 e. The molecule has 0 aromatic heterocycles. The Labute approximate surface area is 65.7 Å².